The summed E-state index contributed by atoms with van der Waals surface area (Å²) in [6.07, 6.45) is 0. The molecule has 2 nitrogen and oxygen atoms in total. The summed E-state index contributed by atoms with van der Waals surface area (Å²) >= 11 is 3.13. The van der Waals surface area contributed by atoms with Crippen LogP contribution in [-0.2, 0) is 0 Å². The lowest BCUT2D eigenvalue weighted by Crippen LogP contribution is -2.33. The molecule has 0 spiro atoms. The average Bonchev–Trinajstić information content (AvgIpc) is 2.28. The van der Waals surface area contributed by atoms with E-state index in [2.05, 4.69) is 42.0 Å². The minimum absolute atomic E-state index is 0.274. The minimum atomic E-state index is -0.274. The Balaban J connectivity index is 2.29. The van der Waals surface area contributed by atoms with Crippen molar-refractivity contribution in [1.82, 2.24) is 5.32 Å². The summed E-state index contributed by atoms with van der Waals surface area (Å²) in [5, 5.41) is 3.37. The van der Waals surface area contributed by atoms with Gasteiger partial charge < -0.3 is 10.1 Å². The molecule has 1 aromatic carbocycles. The second kappa shape index (κ2) is 6.97. The third-order valence-electron chi connectivity index (χ3n) is 2.73. The largest absolute Gasteiger partial charge is 0.492 e. The summed E-state index contributed by atoms with van der Waals surface area (Å²) in [5.41, 5.74) is 0. The van der Waals surface area contributed by atoms with E-state index < -0.39 is 0 Å². The highest BCUT2D eigenvalue weighted by atomic mass is 79.9. The maximum Gasteiger partial charge on any atom is 0.137 e. The molecule has 1 aromatic rings. The molecule has 17 heavy (non-hydrogen) atoms. The topological polar surface area (TPSA) is 21.3 Å². The lowest BCUT2D eigenvalue weighted by molar-refractivity contribution is 0.296. The second-order valence-electron chi connectivity index (χ2n) is 4.41. The van der Waals surface area contributed by atoms with Crippen LogP contribution in [0.4, 0.5) is 4.39 Å². The predicted octanol–water partition coefficient (Wildman–Crippen LogP) is 3.60. The van der Waals surface area contributed by atoms with Crippen LogP contribution in [0.1, 0.15) is 20.8 Å². The van der Waals surface area contributed by atoms with Crippen LogP contribution in [-0.4, -0.2) is 19.2 Å². The molecule has 0 radical (unpaired) electrons. The smallest absolute Gasteiger partial charge is 0.137 e. The first-order chi connectivity index (χ1) is 8.00. The molecule has 96 valence electrons. The first-order valence-corrected chi connectivity index (χ1v) is 6.61. The molecule has 0 saturated heterocycles. The zero-order valence-electron chi connectivity index (χ0n) is 10.5. The van der Waals surface area contributed by atoms with Crippen LogP contribution in [0.3, 0.4) is 0 Å². The van der Waals surface area contributed by atoms with Crippen molar-refractivity contribution in [3.8, 4) is 5.75 Å². The summed E-state index contributed by atoms with van der Waals surface area (Å²) < 4.78 is 18.9. The van der Waals surface area contributed by atoms with E-state index in [9.17, 15) is 4.39 Å². The van der Waals surface area contributed by atoms with Gasteiger partial charge in [-0.2, -0.15) is 0 Å². The highest BCUT2D eigenvalue weighted by molar-refractivity contribution is 9.10. The Morgan fingerprint density at radius 3 is 2.65 bits per heavy atom. The van der Waals surface area contributed by atoms with Gasteiger partial charge in [0.1, 0.15) is 18.2 Å². The van der Waals surface area contributed by atoms with Gasteiger partial charge in [0.25, 0.3) is 0 Å². The molecule has 0 saturated carbocycles. The van der Waals surface area contributed by atoms with Gasteiger partial charge in [-0.3, -0.25) is 0 Å². The van der Waals surface area contributed by atoms with E-state index in [1.165, 1.54) is 6.07 Å². The molecule has 1 N–H and O–H groups in total. The first-order valence-electron chi connectivity index (χ1n) is 5.82. The number of hydrogen-bond acceptors (Lipinski definition) is 2. The maximum absolute atomic E-state index is 13.0. The van der Waals surface area contributed by atoms with Crippen molar-refractivity contribution >= 4 is 15.9 Å². The monoisotopic (exact) mass is 303 g/mol. The van der Waals surface area contributed by atoms with Crippen molar-refractivity contribution in [2.45, 2.75) is 26.8 Å². The van der Waals surface area contributed by atoms with Crippen LogP contribution < -0.4 is 10.1 Å². The second-order valence-corrected chi connectivity index (χ2v) is 5.27. The van der Waals surface area contributed by atoms with E-state index in [-0.39, 0.29) is 5.82 Å². The van der Waals surface area contributed by atoms with Crippen LogP contribution >= 0.6 is 15.9 Å². The van der Waals surface area contributed by atoms with Gasteiger partial charge in [0, 0.05) is 12.6 Å². The third kappa shape index (κ3) is 5.04. The summed E-state index contributed by atoms with van der Waals surface area (Å²) in [5.74, 6) is 1.01. The maximum atomic E-state index is 13.0. The molecule has 1 atom stereocenters. The summed E-state index contributed by atoms with van der Waals surface area (Å²) in [6.45, 7) is 7.87. The molecule has 0 fully saturated rings. The number of ether oxygens (including phenoxy) is 1. The molecule has 0 bridgehead atoms. The predicted molar refractivity (Wildman–Crippen MR) is 71.9 cm³/mol. The lowest BCUT2D eigenvalue weighted by Gasteiger charge is -2.17. The van der Waals surface area contributed by atoms with Gasteiger partial charge in [0.05, 0.1) is 4.47 Å². The summed E-state index contributed by atoms with van der Waals surface area (Å²) in [4.78, 5) is 0. The van der Waals surface area contributed by atoms with Gasteiger partial charge in [-0.05, 0) is 47.0 Å². The Hall–Kier alpha value is -0.610. The fourth-order valence-corrected chi connectivity index (χ4v) is 1.62. The molecular weight excluding hydrogens is 285 g/mol. The molecule has 0 aliphatic heterocycles. The molecule has 0 aliphatic rings. The van der Waals surface area contributed by atoms with Gasteiger partial charge in [0.15, 0.2) is 0 Å². The Morgan fingerprint density at radius 2 is 2.06 bits per heavy atom. The van der Waals surface area contributed by atoms with Crippen LogP contribution in [0.25, 0.3) is 0 Å². The SMILES string of the molecule is CC(C)C(C)NCCOc1ccc(F)c(Br)c1. The van der Waals surface area contributed by atoms with Crippen molar-refractivity contribution in [2.24, 2.45) is 5.92 Å². The van der Waals surface area contributed by atoms with Gasteiger partial charge in [0.2, 0.25) is 0 Å². The van der Waals surface area contributed by atoms with Gasteiger partial charge in [-0.25, -0.2) is 4.39 Å². The fourth-order valence-electron chi connectivity index (χ4n) is 1.26. The molecule has 0 heterocycles. The van der Waals surface area contributed by atoms with Gasteiger partial charge >= 0.3 is 0 Å². The van der Waals surface area contributed by atoms with Crippen LogP contribution in [0.2, 0.25) is 0 Å². The van der Waals surface area contributed by atoms with E-state index in [1.807, 2.05) is 0 Å². The molecule has 1 unspecified atom stereocenters. The zero-order chi connectivity index (χ0) is 12.8. The zero-order valence-corrected chi connectivity index (χ0v) is 12.1. The highest BCUT2D eigenvalue weighted by Gasteiger charge is 2.05. The van der Waals surface area contributed by atoms with E-state index in [0.29, 0.717) is 28.8 Å². The molecule has 0 aromatic heterocycles. The number of nitrogens with one attached hydrogen (secondary N) is 1. The average molecular weight is 304 g/mol. The number of halogens is 2. The molecular formula is C13H19BrFNO. The standard InChI is InChI=1S/C13H19BrFNO/c1-9(2)10(3)16-6-7-17-11-4-5-13(15)12(14)8-11/h4-5,8-10,16H,6-7H2,1-3H3. The Kier molecular flexibility index (Phi) is 5.92. The molecule has 0 aliphatic carbocycles. The van der Waals surface area contributed by atoms with E-state index in [1.54, 1.807) is 12.1 Å². The quantitative estimate of drug-likeness (QED) is 0.811. The summed E-state index contributed by atoms with van der Waals surface area (Å²) in [6, 6.07) is 5.13. The minimum Gasteiger partial charge on any atom is -0.492 e. The molecule has 1 rings (SSSR count). The fraction of sp³-hybridized carbons (Fsp3) is 0.538. The van der Waals surface area contributed by atoms with E-state index in [0.717, 1.165) is 6.54 Å². The van der Waals surface area contributed by atoms with Crippen LogP contribution in [0.15, 0.2) is 22.7 Å². The van der Waals surface area contributed by atoms with Crippen molar-refractivity contribution in [3.63, 3.8) is 0 Å². The Bertz CT molecular complexity index is 357. The Labute approximate surface area is 111 Å². The number of benzene rings is 1. The van der Waals surface area contributed by atoms with Crippen LogP contribution in [0.5, 0.6) is 5.75 Å². The van der Waals surface area contributed by atoms with Gasteiger partial charge in [-0.15, -0.1) is 0 Å². The Morgan fingerprint density at radius 1 is 1.35 bits per heavy atom. The highest BCUT2D eigenvalue weighted by Crippen LogP contribution is 2.21. The normalized spacial score (nSPS) is 12.8. The molecule has 0 amide bonds. The third-order valence-corrected chi connectivity index (χ3v) is 3.34. The number of hydrogen-bond donors (Lipinski definition) is 1. The van der Waals surface area contributed by atoms with Crippen molar-refractivity contribution in [3.05, 3.63) is 28.5 Å². The van der Waals surface area contributed by atoms with Crippen molar-refractivity contribution in [1.29, 1.82) is 0 Å². The first kappa shape index (κ1) is 14.5. The number of rotatable bonds is 6. The van der Waals surface area contributed by atoms with E-state index in [4.69, 9.17) is 4.74 Å². The van der Waals surface area contributed by atoms with Crippen LogP contribution in [0, 0.1) is 11.7 Å². The van der Waals surface area contributed by atoms with Gasteiger partial charge in [-0.1, -0.05) is 13.8 Å². The van der Waals surface area contributed by atoms with Crippen molar-refractivity contribution < 1.29 is 9.13 Å². The van der Waals surface area contributed by atoms with E-state index >= 15 is 0 Å². The summed E-state index contributed by atoms with van der Waals surface area (Å²) in [7, 11) is 0. The lowest BCUT2D eigenvalue weighted by atomic mass is 10.1. The molecule has 4 heteroatoms. The van der Waals surface area contributed by atoms with Crippen molar-refractivity contribution in [2.75, 3.05) is 13.2 Å².